The van der Waals surface area contributed by atoms with Crippen LogP contribution in [0.4, 0.5) is 5.69 Å². The summed E-state index contributed by atoms with van der Waals surface area (Å²) in [4.78, 5) is 23.2. The van der Waals surface area contributed by atoms with Gasteiger partial charge >= 0.3 is 0 Å². The van der Waals surface area contributed by atoms with Crippen LogP contribution in [0.1, 0.15) is 19.3 Å². The fraction of sp³-hybridized carbons (Fsp3) is 0.467. The molecule has 0 heterocycles. The van der Waals surface area contributed by atoms with Gasteiger partial charge in [0.2, 0.25) is 5.91 Å². The Morgan fingerprint density at radius 1 is 1.38 bits per heavy atom. The smallest absolute Gasteiger partial charge is 0.257 e. The molecule has 2 atom stereocenters. The number of carbonyl (C=O) groups excluding carboxylic acids is 2. The molecule has 1 saturated carbocycles. The summed E-state index contributed by atoms with van der Waals surface area (Å²) in [5.41, 5.74) is 6.49. The van der Waals surface area contributed by atoms with Gasteiger partial charge in [-0.15, -0.1) is 0 Å². The maximum absolute atomic E-state index is 12.1. The number of ether oxygens (including phenoxy) is 1. The highest BCUT2D eigenvalue weighted by molar-refractivity contribution is 5.93. The molecule has 2 rings (SSSR count). The molecule has 0 aliphatic heterocycles. The van der Waals surface area contributed by atoms with E-state index in [1.165, 1.54) is 0 Å². The maximum Gasteiger partial charge on any atom is 0.257 e. The van der Waals surface area contributed by atoms with Crippen molar-refractivity contribution in [2.45, 2.75) is 25.3 Å². The second-order valence-electron chi connectivity index (χ2n) is 5.25. The minimum atomic E-state index is -0.204. The molecule has 1 aliphatic rings. The van der Waals surface area contributed by atoms with Crippen molar-refractivity contribution in [1.82, 2.24) is 5.32 Å². The minimum absolute atomic E-state index is 0.00796. The van der Waals surface area contributed by atoms with Gasteiger partial charge in [-0.1, -0.05) is 6.07 Å². The molecule has 6 heteroatoms. The third kappa shape index (κ3) is 4.46. The Balaban J connectivity index is 1.91. The van der Waals surface area contributed by atoms with Gasteiger partial charge in [-0.2, -0.15) is 0 Å². The summed E-state index contributed by atoms with van der Waals surface area (Å²) in [5, 5.41) is 5.35. The highest BCUT2D eigenvalue weighted by Gasteiger charge is 2.27. The van der Waals surface area contributed by atoms with Crippen molar-refractivity contribution >= 4 is 17.5 Å². The molecule has 2 unspecified atom stereocenters. The van der Waals surface area contributed by atoms with Gasteiger partial charge in [-0.25, -0.2) is 0 Å². The van der Waals surface area contributed by atoms with Crippen molar-refractivity contribution in [3.05, 3.63) is 24.3 Å². The van der Waals surface area contributed by atoms with Crippen molar-refractivity contribution in [3.63, 3.8) is 0 Å². The Hall–Kier alpha value is -2.08. The van der Waals surface area contributed by atoms with Crippen LogP contribution in [0, 0.1) is 5.92 Å². The first kappa shape index (κ1) is 15.3. The third-order valence-electron chi connectivity index (χ3n) is 3.59. The number of nitrogens with two attached hydrogens (primary N) is 1. The Morgan fingerprint density at radius 2 is 2.19 bits per heavy atom. The number of anilines is 1. The van der Waals surface area contributed by atoms with E-state index in [0.717, 1.165) is 19.3 Å². The molecule has 6 nitrogen and oxygen atoms in total. The molecule has 0 radical (unpaired) electrons. The summed E-state index contributed by atoms with van der Waals surface area (Å²) in [6, 6.07) is 7.14. The normalized spacial score (nSPS) is 20.9. The molecule has 0 bridgehead atoms. The highest BCUT2D eigenvalue weighted by atomic mass is 16.5. The largest absolute Gasteiger partial charge is 0.484 e. The van der Waals surface area contributed by atoms with Gasteiger partial charge < -0.3 is 21.1 Å². The van der Waals surface area contributed by atoms with Crippen LogP contribution in [0.3, 0.4) is 0 Å². The van der Waals surface area contributed by atoms with Crippen molar-refractivity contribution in [3.8, 4) is 5.75 Å². The SMILES string of the molecule is CNC(=O)COc1cccc(NC(=O)C2CCC(N)C2)c1. The predicted molar refractivity (Wildman–Crippen MR) is 79.9 cm³/mol. The molecule has 1 aromatic rings. The number of nitrogens with one attached hydrogen (secondary N) is 2. The molecule has 0 saturated heterocycles. The van der Waals surface area contributed by atoms with Gasteiger partial charge in [-0.05, 0) is 31.4 Å². The number of rotatable bonds is 5. The molecule has 0 spiro atoms. The Morgan fingerprint density at radius 3 is 2.86 bits per heavy atom. The fourth-order valence-electron chi connectivity index (χ4n) is 2.38. The average molecular weight is 291 g/mol. The molecule has 1 aromatic carbocycles. The monoisotopic (exact) mass is 291 g/mol. The summed E-state index contributed by atoms with van der Waals surface area (Å²) in [6.07, 6.45) is 2.46. The fourth-order valence-corrected chi connectivity index (χ4v) is 2.38. The van der Waals surface area contributed by atoms with E-state index >= 15 is 0 Å². The van der Waals surface area contributed by atoms with Crippen LogP contribution in [0.5, 0.6) is 5.75 Å². The van der Waals surface area contributed by atoms with Gasteiger partial charge in [0.25, 0.3) is 5.91 Å². The molecule has 1 aliphatic carbocycles. The second kappa shape index (κ2) is 7.08. The number of likely N-dealkylation sites (N-methyl/N-ethyl adjacent to an activating group) is 1. The molecule has 4 N–H and O–H groups in total. The molecular weight excluding hydrogens is 270 g/mol. The average Bonchev–Trinajstić information content (AvgIpc) is 2.92. The molecular formula is C15H21N3O3. The standard InChI is InChI=1S/C15H21N3O3/c1-17-14(19)9-21-13-4-2-3-12(8-13)18-15(20)10-5-6-11(16)7-10/h2-4,8,10-11H,5-7,9,16H2,1H3,(H,17,19)(H,18,20). The van der Waals surface area contributed by atoms with Crippen molar-refractivity contribution < 1.29 is 14.3 Å². The van der Waals surface area contributed by atoms with E-state index in [0.29, 0.717) is 11.4 Å². The van der Waals surface area contributed by atoms with Crippen molar-refractivity contribution in [2.75, 3.05) is 19.0 Å². The zero-order valence-corrected chi connectivity index (χ0v) is 12.1. The lowest BCUT2D eigenvalue weighted by Crippen LogP contribution is -2.25. The first-order valence-corrected chi connectivity index (χ1v) is 7.08. The summed E-state index contributed by atoms with van der Waals surface area (Å²) in [6.45, 7) is -0.0502. The van der Waals surface area contributed by atoms with Crippen molar-refractivity contribution in [2.24, 2.45) is 11.7 Å². The van der Waals surface area contributed by atoms with Gasteiger partial charge in [0, 0.05) is 30.8 Å². The van der Waals surface area contributed by atoms with Crippen molar-refractivity contribution in [1.29, 1.82) is 0 Å². The number of amides is 2. The predicted octanol–water partition coefficient (Wildman–Crippen LogP) is 0.877. The summed E-state index contributed by atoms with van der Waals surface area (Å²) in [5.74, 6) is 0.311. The lowest BCUT2D eigenvalue weighted by molar-refractivity contribution is -0.122. The van der Waals surface area contributed by atoms with Crippen LogP contribution in [0.15, 0.2) is 24.3 Å². The van der Waals surface area contributed by atoms with E-state index in [1.54, 1.807) is 31.3 Å². The number of hydrogen-bond donors (Lipinski definition) is 3. The van der Waals surface area contributed by atoms with E-state index in [1.807, 2.05) is 0 Å². The quantitative estimate of drug-likeness (QED) is 0.750. The molecule has 0 aromatic heterocycles. The number of carbonyl (C=O) groups is 2. The van der Waals surface area contributed by atoms with Crippen LogP contribution >= 0.6 is 0 Å². The van der Waals surface area contributed by atoms with E-state index in [2.05, 4.69) is 10.6 Å². The maximum atomic E-state index is 12.1. The van der Waals surface area contributed by atoms with E-state index in [9.17, 15) is 9.59 Å². The zero-order chi connectivity index (χ0) is 15.2. The Kier molecular flexibility index (Phi) is 5.16. The van der Waals surface area contributed by atoms with Crippen LogP contribution in [0.25, 0.3) is 0 Å². The highest BCUT2D eigenvalue weighted by Crippen LogP contribution is 2.26. The van der Waals surface area contributed by atoms with Crippen LogP contribution < -0.4 is 21.1 Å². The van der Waals surface area contributed by atoms with Gasteiger partial charge in [0.15, 0.2) is 6.61 Å². The molecule has 2 amide bonds. The van der Waals surface area contributed by atoms with E-state index < -0.39 is 0 Å². The summed E-state index contributed by atoms with van der Waals surface area (Å²) >= 11 is 0. The van der Waals surface area contributed by atoms with E-state index in [4.69, 9.17) is 10.5 Å². The summed E-state index contributed by atoms with van der Waals surface area (Å²) in [7, 11) is 1.55. The van der Waals surface area contributed by atoms with Crippen LogP contribution in [0.2, 0.25) is 0 Å². The second-order valence-corrected chi connectivity index (χ2v) is 5.25. The third-order valence-corrected chi connectivity index (χ3v) is 3.59. The Bertz CT molecular complexity index is 519. The zero-order valence-electron chi connectivity index (χ0n) is 12.1. The van der Waals surface area contributed by atoms with Gasteiger partial charge in [-0.3, -0.25) is 9.59 Å². The van der Waals surface area contributed by atoms with Crippen LogP contribution in [-0.2, 0) is 9.59 Å². The molecule has 1 fully saturated rings. The molecule has 21 heavy (non-hydrogen) atoms. The first-order chi connectivity index (χ1) is 10.1. The number of benzene rings is 1. The van der Waals surface area contributed by atoms with Gasteiger partial charge in [0.1, 0.15) is 5.75 Å². The van der Waals surface area contributed by atoms with E-state index in [-0.39, 0.29) is 30.4 Å². The van der Waals surface area contributed by atoms with Crippen LogP contribution in [-0.4, -0.2) is 31.5 Å². The number of hydrogen-bond acceptors (Lipinski definition) is 4. The topological polar surface area (TPSA) is 93.5 Å². The minimum Gasteiger partial charge on any atom is -0.484 e. The molecule has 114 valence electrons. The van der Waals surface area contributed by atoms with Gasteiger partial charge in [0.05, 0.1) is 0 Å². The lowest BCUT2D eigenvalue weighted by atomic mass is 10.1. The summed E-state index contributed by atoms with van der Waals surface area (Å²) < 4.78 is 5.34. The lowest BCUT2D eigenvalue weighted by Gasteiger charge is -2.12. The first-order valence-electron chi connectivity index (χ1n) is 7.08. The Labute approximate surface area is 124 Å².